The number of thiophene rings is 1. The Hall–Kier alpha value is -3.70. The summed E-state index contributed by atoms with van der Waals surface area (Å²) in [7, 11) is 0. The van der Waals surface area contributed by atoms with Crippen LogP contribution >= 0.6 is 11.3 Å². The number of fused-ring (bicyclic) bond motifs is 6. The second-order valence-corrected chi connectivity index (χ2v) is 9.90. The molecule has 160 valence electrons. The smallest absolute Gasteiger partial charge is 0.133 e. The monoisotopic (exact) mass is 446 g/mol. The van der Waals surface area contributed by atoms with Crippen molar-refractivity contribution in [2.75, 3.05) is 6.67 Å². The highest BCUT2D eigenvalue weighted by Crippen LogP contribution is 2.42. The molecule has 3 heterocycles. The quantitative estimate of drug-likeness (QED) is 0.325. The lowest BCUT2D eigenvalue weighted by Crippen LogP contribution is -2.27. The maximum absolute atomic E-state index is 4.56. The molecule has 0 fully saturated rings. The molecule has 0 saturated carbocycles. The highest BCUT2D eigenvalue weighted by Gasteiger charge is 2.21. The Labute approximate surface area is 195 Å². The van der Waals surface area contributed by atoms with E-state index in [0.717, 1.165) is 18.7 Å². The summed E-state index contributed by atoms with van der Waals surface area (Å²) >= 11 is 1.93. The zero-order chi connectivity index (χ0) is 21.9. The number of benzene rings is 3. The molecule has 33 heavy (non-hydrogen) atoms. The Morgan fingerprint density at radius 1 is 0.909 bits per heavy atom. The Morgan fingerprint density at radius 2 is 1.79 bits per heavy atom. The van der Waals surface area contributed by atoms with Crippen LogP contribution in [0.5, 0.6) is 0 Å². The van der Waals surface area contributed by atoms with E-state index >= 15 is 0 Å². The average Bonchev–Trinajstić information content (AvgIpc) is 3.38. The number of nitrogens with zero attached hydrogens (tertiary/aromatic N) is 3. The van der Waals surface area contributed by atoms with Crippen molar-refractivity contribution >= 4 is 61.5 Å². The normalized spacial score (nSPS) is 15.5. The van der Waals surface area contributed by atoms with Crippen molar-refractivity contribution in [1.82, 2.24) is 9.88 Å². The van der Waals surface area contributed by atoms with Gasteiger partial charge in [-0.1, -0.05) is 35.9 Å². The lowest BCUT2D eigenvalue weighted by molar-refractivity contribution is 0.954. The SMILES string of the molecule is Cc1ccc(-n2c3ccccc3c3cc4c5c(sc4cc32)CCC(C2=NCN=CN2)=C5)cc1. The van der Waals surface area contributed by atoms with Crippen LogP contribution in [0.3, 0.4) is 0 Å². The molecule has 3 aromatic carbocycles. The van der Waals surface area contributed by atoms with Gasteiger partial charge in [0.25, 0.3) is 0 Å². The molecule has 1 aliphatic carbocycles. The topological polar surface area (TPSA) is 41.7 Å². The van der Waals surface area contributed by atoms with Crippen molar-refractivity contribution in [3.63, 3.8) is 0 Å². The number of rotatable bonds is 2. The van der Waals surface area contributed by atoms with Crippen LogP contribution in [0.1, 0.15) is 22.4 Å². The van der Waals surface area contributed by atoms with Gasteiger partial charge in [-0.15, -0.1) is 11.3 Å². The van der Waals surface area contributed by atoms with Crippen LogP contribution in [-0.4, -0.2) is 23.4 Å². The van der Waals surface area contributed by atoms with Crippen LogP contribution in [0, 0.1) is 6.92 Å². The minimum absolute atomic E-state index is 0.510. The molecule has 5 heteroatoms. The molecule has 4 nitrogen and oxygen atoms in total. The van der Waals surface area contributed by atoms with E-state index in [4.69, 9.17) is 0 Å². The van der Waals surface area contributed by atoms with Gasteiger partial charge in [0.2, 0.25) is 0 Å². The number of nitrogens with one attached hydrogen (secondary N) is 1. The molecule has 2 aromatic heterocycles. The maximum Gasteiger partial charge on any atom is 0.133 e. The predicted molar refractivity (Wildman–Crippen MR) is 141 cm³/mol. The molecule has 0 bridgehead atoms. The van der Waals surface area contributed by atoms with E-state index in [1.807, 2.05) is 11.3 Å². The van der Waals surface area contributed by atoms with E-state index in [1.165, 1.54) is 59.2 Å². The molecule has 0 atom stereocenters. The number of aliphatic imine (C=N–C) groups is 2. The van der Waals surface area contributed by atoms with Crippen LogP contribution in [0.4, 0.5) is 0 Å². The summed E-state index contributed by atoms with van der Waals surface area (Å²) in [6.07, 6.45) is 6.17. The Kier molecular flexibility index (Phi) is 4.08. The van der Waals surface area contributed by atoms with Gasteiger partial charge in [0, 0.05) is 31.4 Å². The fourth-order valence-electron chi connectivity index (χ4n) is 5.13. The van der Waals surface area contributed by atoms with Gasteiger partial charge >= 0.3 is 0 Å². The van der Waals surface area contributed by atoms with Crippen molar-refractivity contribution in [3.05, 3.63) is 82.2 Å². The highest BCUT2D eigenvalue weighted by molar-refractivity contribution is 7.19. The third kappa shape index (κ3) is 2.89. The largest absolute Gasteiger partial charge is 0.331 e. The molecule has 2 aliphatic rings. The standard InChI is InChI=1S/C28H22N4S/c1-17-6-9-19(10-7-17)32-24-5-3-2-4-20(24)21-13-23-22-12-18(28-30-15-29-16-31-28)8-11-26(22)33-27(23)14-25(21)32/h2-7,9-10,12-15H,8,11,16H2,1H3,(H,29,30,31). The molecule has 7 rings (SSSR count). The zero-order valence-electron chi connectivity index (χ0n) is 18.3. The van der Waals surface area contributed by atoms with Gasteiger partial charge in [0.15, 0.2) is 0 Å². The van der Waals surface area contributed by atoms with E-state index in [9.17, 15) is 0 Å². The molecule has 5 aromatic rings. The van der Waals surface area contributed by atoms with Gasteiger partial charge in [-0.2, -0.15) is 0 Å². The fourth-order valence-corrected chi connectivity index (χ4v) is 6.32. The second kappa shape index (κ2) is 7.15. The van der Waals surface area contributed by atoms with E-state index in [1.54, 1.807) is 6.34 Å². The minimum Gasteiger partial charge on any atom is -0.331 e. The second-order valence-electron chi connectivity index (χ2n) is 8.77. The first kappa shape index (κ1) is 18.8. The first-order valence-electron chi connectivity index (χ1n) is 11.3. The molecule has 0 unspecified atom stereocenters. The van der Waals surface area contributed by atoms with Gasteiger partial charge in [-0.05, 0) is 67.3 Å². The van der Waals surface area contributed by atoms with E-state index < -0.39 is 0 Å². The summed E-state index contributed by atoms with van der Waals surface area (Å²) in [6, 6.07) is 22.4. The molecule has 0 radical (unpaired) electrons. The summed E-state index contributed by atoms with van der Waals surface area (Å²) in [5.74, 6) is 0.965. The number of amidine groups is 1. The summed E-state index contributed by atoms with van der Waals surface area (Å²) in [6.45, 7) is 2.65. The molecular formula is C28H22N4S. The summed E-state index contributed by atoms with van der Waals surface area (Å²) in [5, 5.41) is 7.17. The van der Waals surface area contributed by atoms with Crippen LogP contribution in [-0.2, 0) is 6.42 Å². The highest BCUT2D eigenvalue weighted by atomic mass is 32.1. The molecule has 1 aliphatic heterocycles. The third-order valence-corrected chi connectivity index (χ3v) is 7.97. The van der Waals surface area contributed by atoms with Crippen LogP contribution < -0.4 is 5.32 Å². The van der Waals surface area contributed by atoms with Crippen molar-refractivity contribution in [2.24, 2.45) is 9.98 Å². The van der Waals surface area contributed by atoms with Crippen molar-refractivity contribution < 1.29 is 0 Å². The minimum atomic E-state index is 0.510. The summed E-state index contributed by atoms with van der Waals surface area (Å²) in [4.78, 5) is 10.2. The lowest BCUT2D eigenvalue weighted by atomic mass is 9.95. The van der Waals surface area contributed by atoms with Crippen LogP contribution in [0.2, 0.25) is 0 Å². The van der Waals surface area contributed by atoms with Crippen LogP contribution in [0.25, 0.3) is 43.7 Å². The molecule has 0 spiro atoms. The molecule has 0 saturated heterocycles. The van der Waals surface area contributed by atoms with E-state index in [2.05, 4.69) is 93.5 Å². The van der Waals surface area contributed by atoms with Crippen molar-refractivity contribution in [3.8, 4) is 5.69 Å². The zero-order valence-corrected chi connectivity index (χ0v) is 19.1. The molecule has 1 N–H and O–H groups in total. The number of aromatic nitrogens is 1. The summed E-state index contributed by atoms with van der Waals surface area (Å²) in [5.41, 5.74) is 7.63. The van der Waals surface area contributed by atoms with Crippen molar-refractivity contribution in [2.45, 2.75) is 19.8 Å². The van der Waals surface area contributed by atoms with Gasteiger partial charge < -0.3 is 9.88 Å². The van der Waals surface area contributed by atoms with E-state index in [0.29, 0.717) is 6.67 Å². The number of hydrogen-bond acceptors (Lipinski definition) is 4. The Bertz CT molecular complexity index is 1660. The van der Waals surface area contributed by atoms with Gasteiger partial charge in [-0.3, -0.25) is 4.99 Å². The molecular weight excluding hydrogens is 424 g/mol. The number of para-hydroxylation sites is 1. The van der Waals surface area contributed by atoms with Gasteiger partial charge in [0.05, 0.1) is 17.4 Å². The molecule has 0 amide bonds. The first-order chi connectivity index (χ1) is 16.3. The number of aryl methyl sites for hydroxylation is 2. The van der Waals surface area contributed by atoms with Crippen molar-refractivity contribution in [1.29, 1.82) is 0 Å². The number of hydrogen-bond donors (Lipinski definition) is 1. The summed E-state index contributed by atoms with van der Waals surface area (Å²) < 4.78 is 3.75. The fraction of sp³-hybridized carbons (Fsp3) is 0.143. The Balaban J connectivity index is 1.49. The first-order valence-corrected chi connectivity index (χ1v) is 12.1. The average molecular weight is 447 g/mol. The lowest BCUT2D eigenvalue weighted by Gasteiger charge is -2.17. The third-order valence-electron chi connectivity index (χ3n) is 6.74. The Morgan fingerprint density at radius 3 is 2.64 bits per heavy atom. The van der Waals surface area contributed by atoms with Gasteiger partial charge in [-0.25, -0.2) is 4.99 Å². The maximum atomic E-state index is 4.56. The van der Waals surface area contributed by atoms with E-state index in [-0.39, 0.29) is 0 Å². The predicted octanol–water partition coefficient (Wildman–Crippen LogP) is 6.62. The van der Waals surface area contributed by atoms with Gasteiger partial charge in [0.1, 0.15) is 12.5 Å². The van der Waals surface area contributed by atoms with Crippen LogP contribution in [0.15, 0.2) is 76.2 Å².